The van der Waals surface area contributed by atoms with Crippen molar-refractivity contribution in [1.29, 1.82) is 0 Å². The molecule has 0 aliphatic carbocycles. The number of nitrogens with zero attached hydrogens (tertiary/aromatic N) is 4. The highest BCUT2D eigenvalue weighted by Crippen LogP contribution is 2.27. The van der Waals surface area contributed by atoms with Crippen LogP contribution in [0, 0.1) is 0 Å². The van der Waals surface area contributed by atoms with Crippen molar-refractivity contribution in [2.45, 2.75) is 18.1 Å². The minimum Gasteiger partial charge on any atom is -0.379 e. The number of carbonyl (C=O) groups is 1. The SMILES string of the molecule is Cn1c(CN2CCOCC2)nnc1SCC(=O)Nc1ccccc1C(F)F. The lowest BCUT2D eigenvalue weighted by atomic mass is 10.2. The predicted octanol–water partition coefficient (Wildman–Crippen LogP) is 2.32. The van der Waals surface area contributed by atoms with Crippen LogP contribution in [-0.4, -0.2) is 57.6 Å². The molecule has 0 radical (unpaired) electrons. The third-order valence-electron chi connectivity index (χ3n) is 4.20. The molecule has 2 heterocycles. The third kappa shape index (κ3) is 5.24. The molecule has 0 saturated carbocycles. The number of ether oxygens (including phenoxy) is 1. The number of aromatic nitrogens is 3. The van der Waals surface area contributed by atoms with Crippen molar-refractivity contribution in [3.05, 3.63) is 35.7 Å². The number of amides is 1. The van der Waals surface area contributed by atoms with Crippen LogP contribution >= 0.6 is 11.8 Å². The maximum Gasteiger partial charge on any atom is 0.265 e. The third-order valence-corrected chi connectivity index (χ3v) is 5.22. The first kappa shape index (κ1) is 19.7. The smallest absolute Gasteiger partial charge is 0.265 e. The number of benzene rings is 1. The minimum atomic E-state index is -2.64. The Morgan fingerprint density at radius 1 is 1.30 bits per heavy atom. The summed E-state index contributed by atoms with van der Waals surface area (Å²) in [7, 11) is 1.85. The van der Waals surface area contributed by atoms with Crippen LogP contribution in [0.2, 0.25) is 0 Å². The van der Waals surface area contributed by atoms with Crippen molar-refractivity contribution < 1.29 is 18.3 Å². The largest absolute Gasteiger partial charge is 0.379 e. The van der Waals surface area contributed by atoms with E-state index in [2.05, 4.69) is 20.4 Å². The zero-order chi connectivity index (χ0) is 19.2. The first-order valence-corrected chi connectivity index (χ1v) is 9.51. The van der Waals surface area contributed by atoms with E-state index in [4.69, 9.17) is 4.74 Å². The Kier molecular flexibility index (Phi) is 6.75. The van der Waals surface area contributed by atoms with Crippen LogP contribution in [0.1, 0.15) is 17.8 Å². The van der Waals surface area contributed by atoms with Gasteiger partial charge in [-0.15, -0.1) is 10.2 Å². The fourth-order valence-electron chi connectivity index (χ4n) is 2.69. The quantitative estimate of drug-likeness (QED) is 0.723. The molecule has 0 bridgehead atoms. The molecule has 7 nitrogen and oxygen atoms in total. The first-order valence-electron chi connectivity index (χ1n) is 8.52. The van der Waals surface area contributed by atoms with Crippen molar-refractivity contribution in [3.8, 4) is 0 Å². The highest BCUT2D eigenvalue weighted by atomic mass is 32.2. The van der Waals surface area contributed by atoms with E-state index in [1.54, 1.807) is 6.07 Å². The zero-order valence-electron chi connectivity index (χ0n) is 14.9. The summed E-state index contributed by atoms with van der Waals surface area (Å²) in [5.41, 5.74) is -0.0635. The Bertz CT molecular complexity index is 780. The van der Waals surface area contributed by atoms with Crippen LogP contribution < -0.4 is 5.32 Å². The molecular weight excluding hydrogens is 376 g/mol. The topological polar surface area (TPSA) is 72.3 Å². The normalized spacial score (nSPS) is 15.3. The Morgan fingerprint density at radius 2 is 2.04 bits per heavy atom. The fraction of sp³-hybridized carbons (Fsp3) is 0.471. The molecule has 1 aromatic heterocycles. The summed E-state index contributed by atoms with van der Waals surface area (Å²) in [5.74, 6) is 0.495. The molecule has 0 spiro atoms. The van der Waals surface area contributed by atoms with Gasteiger partial charge in [-0.3, -0.25) is 9.69 Å². The molecule has 3 rings (SSSR count). The summed E-state index contributed by atoms with van der Waals surface area (Å²) in [5, 5.41) is 11.5. The molecule has 27 heavy (non-hydrogen) atoms. The standard InChI is InChI=1S/C17H21F2N5O2S/c1-23-14(10-24-6-8-26-9-7-24)21-22-17(23)27-11-15(25)20-13-5-3-2-4-12(13)16(18)19/h2-5,16H,6-11H2,1H3,(H,20,25). The number of alkyl halides is 2. The van der Waals surface area contributed by atoms with Crippen LogP contribution in [0.4, 0.5) is 14.5 Å². The number of nitrogens with one attached hydrogen (secondary N) is 1. The van der Waals surface area contributed by atoms with E-state index in [-0.39, 0.29) is 22.9 Å². The molecule has 10 heteroatoms. The second-order valence-electron chi connectivity index (χ2n) is 6.07. The van der Waals surface area contributed by atoms with Crippen molar-refractivity contribution in [2.75, 3.05) is 37.4 Å². The van der Waals surface area contributed by atoms with Gasteiger partial charge in [0.2, 0.25) is 5.91 Å². The summed E-state index contributed by atoms with van der Waals surface area (Å²) >= 11 is 1.22. The van der Waals surface area contributed by atoms with Gasteiger partial charge in [-0.2, -0.15) is 0 Å². The lowest BCUT2D eigenvalue weighted by molar-refractivity contribution is -0.113. The van der Waals surface area contributed by atoms with Crippen molar-refractivity contribution in [3.63, 3.8) is 0 Å². The van der Waals surface area contributed by atoms with Gasteiger partial charge in [-0.25, -0.2) is 8.78 Å². The van der Waals surface area contributed by atoms with E-state index in [9.17, 15) is 13.6 Å². The molecule has 0 unspecified atom stereocenters. The lowest BCUT2D eigenvalue weighted by Crippen LogP contribution is -2.36. The van der Waals surface area contributed by atoms with Gasteiger partial charge in [0.25, 0.3) is 6.43 Å². The number of carbonyl (C=O) groups excluding carboxylic acids is 1. The number of para-hydroxylation sites is 1. The zero-order valence-corrected chi connectivity index (χ0v) is 15.7. The number of morpholine rings is 1. The predicted molar refractivity (Wildman–Crippen MR) is 97.9 cm³/mol. The van der Waals surface area contributed by atoms with Gasteiger partial charge in [0, 0.05) is 31.4 Å². The second kappa shape index (κ2) is 9.25. The van der Waals surface area contributed by atoms with Gasteiger partial charge >= 0.3 is 0 Å². The van der Waals surface area contributed by atoms with Crippen molar-refractivity contribution in [1.82, 2.24) is 19.7 Å². The summed E-state index contributed by atoms with van der Waals surface area (Å²) in [6.07, 6.45) is -2.64. The Balaban J connectivity index is 1.55. The maximum absolute atomic E-state index is 13.0. The highest BCUT2D eigenvalue weighted by molar-refractivity contribution is 7.99. The van der Waals surface area contributed by atoms with Crippen LogP contribution in [0.15, 0.2) is 29.4 Å². The van der Waals surface area contributed by atoms with Gasteiger partial charge in [0.15, 0.2) is 5.16 Å². The number of anilines is 1. The summed E-state index contributed by atoms with van der Waals surface area (Å²) < 4.78 is 33.2. The van der Waals surface area contributed by atoms with E-state index in [1.165, 1.54) is 30.0 Å². The molecule has 1 N–H and O–H groups in total. The molecule has 1 fully saturated rings. The van der Waals surface area contributed by atoms with Crippen LogP contribution in [0.5, 0.6) is 0 Å². The van der Waals surface area contributed by atoms with Gasteiger partial charge in [0.05, 0.1) is 25.5 Å². The van der Waals surface area contributed by atoms with Gasteiger partial charge in [-0.05, 0) is 6.07 Å². The summed E-state index contributed by atoms with van der Waals surface area (Å²) in [6, 6.07) is 5.89. The fourth-order valence-corrected chi connectivity index (χ4v) is 3.42. The van der Waals surface area contributed by atoms with Crippen molar-refractivity contribution in [2.24, 2.45) is 7.05 Å². The second-order valence-corrected chi connectivity index (χ2v) is 7.01. The average Bonchev–Trinajstić information content (AvgIpc) is 3.01. The molecule has 1 aliphatic rings. The summed E-state index contributed by atoms with van der Waals surface area (Å²) in [6.45, 7) is 3.78. The molecule has 1 aromatic carbocycles. The van der Waals surface area contributed by atoms with E-state index >= 15 is 0 Å². The molecule has 1 saturated heterocycles. The maximum atomic E-state index is 13.0. The van der Waals surface area contributed by atoms with Crippen LogP contribution in [0.3, 0.4) is 0 Å². The first-order chi connectivity index (χ1) is 13.0. The van der Waals surface area contributed by atoms with E-state index in [1.807, 2.05) is 11.6 Å². The van der Waals surface area contributed by atoms with Crippen molar-refractivity contribution >= 4 is 23.4 Å². The summed E-state index contributed by atoms with van der Waals surface area (Å²) in [4.78, 5) is 14.4. The molecule has 146 valence electrons. The number of rotatable bonds is 7. The minimum absolute atomic E-state index is 0.0566. The highest BCUT2D eigenvalue weighted by Gasteiger charge is 2.18. The van der Waals surface area contributed by atoms with E-state index in [0.29, 0.717) is 24.9 Å². The number of hydrogen-bond donors (Lipinski definition) is 1. The average molecular weight is 397 g/mol. The molecule has 2 aromatic rings. The Morgan fingerprint density at radius 3 is 2.78 bits per heavy atom. The van der Waals surface area contributed by atoms with E-state index in [0.717, 1.165) is 18.9 Å². The molecule has 1 aliphatic heterocycles. The number of thioether (sulfide) groups is 1. The monoisotopic (exact) mass is 397 g/mol. The molecule has 1 amide bonds. The molecular formula is C17H21F2N5O2S. The van der Waals surface area contributed by atoms with Gasteiger partial charge in [0.1, 0.15) is 5.82 Å². The lowest BCUT2D eigenvalue weighted by Gasteiger charge is -2.25. The number of halogens is 2. The van der Waals surface area contributed by atoms with Gasteiger partial charge in [-0.1, -0.05) is 30.0 Å². The van der Waals surface area contributed by atoms with E-state index < -0.39 is 6.43 Å². The number of hydrogen-bond acceptors (Lipinski definition) is 6. The Hall–Kier alpha value is -2.04. The Labute approximate surface area is 160 Å². The van der Waals surface area contributed by atoms with Crippen LogP contribution in [-0.2, 0) is 23.1 Å². The molecule has 0 atom stereocenters. The van der Waals surface area contributed by atoms with Gasteiger partial charge < -0.3 is 14.6 Å². The van der Waals surface area contributed by atoms with Crippen LogP contribution in [0.25, 0.3) is 0 Å².